The van der Waals surface area contributed by atoms with Gasteiger partial charge in [0.2, 0.25) is 5.91 Å². The number of carbonyl (C=O) groups is 1. The van der Waals surface area contributed by atoms with Crippen LogP contribution in [-0.2, 0) is 14.6 Å². The average Bonchev–Trinajstić information content (AvgIpc) is 2.75. The van der Waals surface area contributed by atoms with Crippen LogP contribution in [0.1, 0.15) is 46.0 Å². The first kappa shape index (κ1) is 28.0. The lowest BCUT2D eigenvalue weighted by Crippen LogP contribution is -2.43. The van der Waals surface area contributed by atoms with Crippen LogP contribution < -0.4 is 11.1 Å². The number of nitrogens with zero attached hydrogens (tertiary/aromatic N) is 1. The fourth-order valence-corrected chi connectivity index (χ4v) is 6.40. The van der Waals surface area contributed by atoms with Gasteiger partial charge in [-0.1, -0.05) is 56.8 Å². The zero-order chi connectivity index (χ0) is 24.6. The molecule has 0 aromatic carbocycles. The van der Waals surface area contributed by atoms with Crippen molar-refractivity contribution >= 4 is 39.1 Å². The zero-order valence-electron chi connectivity index (χ0n) is 19.8. The molecule has 0 saturated carbocycles. The molecular weight excluding hydrogens is 478 g/mol. The number of alkyl halides is 1. The van der Waals surface area contributed by atoms with Crippen LogP contribution in [0, 0.1) is 5.92 Å². The van der Waals surface area contributed by atoms with Gasteiger partial charge in [-0.05, 0) is 29.7 Å². The van der Waals surface area contributed by atoms with Gasteiger partial charge in [0, 0.05) is 49.1 Å². The van der Waals surface area contributed by atoms with Crippen molar-refractivity contribution in [3.63, 3.8) is 0 Å². The number of carbonyl (C=O) groups excluding carboxylic acids is 1. The number of allylic oxidation sites excluding steroid dienone is 4. The minimum Gasteiger partial charge on any atom is -0.398 e. The Kier molecular flexibility index (Phi) is 11.1. The van der Waals surface area contributed by atoms with Crippen LogP contribution in [0.4, 0.5) is 0 Å². The molecule has 3 atom stereocenters. The smallest absolute Gasteiger partial charge is 0.220 e. The van der Waals surface area contributed by atoms with Crippen molar-refractivity contribution < 1.29 is 13.2 Å². The summed E-state index contributed by atoms with van der Waals surface area (Å²) < 4.78 is 23.3. The molecule has 0 aromatic heterocycles. The molecule has 9 heteroatoms. The lowest BCUT2D eigenvalue weighted by Gasteiger charge is -2.30. The Bertz CT molecular complexity index is 885. The Morgan fingerprint density at radius 3 is 2.64 bits per heavy atom. The van der Waals surface area contributed by atoms with Crippen LogP contribution in [-0.4, -0.2) is 61.8 Å². The van der Waals surface area contributed by atoms with Crippen molar-refractivity contribution in [2.75, 3.05) is 31.1 Å². The highest BCUT2D eigenvalue weighted by Gasteiger charge is 2.24. The van der Waals surface area contributed by atoms with Crippen LogP contribution in [0.2, 0.25) is 0 Å². The molecule has 0 radical (unpaired) electrons. The van der Waals surface area contributed by atoms with Crippen molar-refractivity contribution in [2.45, 2.75) is 57.4 Å². The van der Waals surface area contributed by atoms with Gasteiger partial charge in [-0.25, -0.2) is 8.42 Å². The number of thioether (sulfide) groups is 1. The molecule has 1 saturated heterocycles. The van der Waals surface area contributed by atoms with E-state index >= 15 is 0 Å². The second kappa shape index (κ2) is 13.0. The van der Waals surface area contributed by atoms with E-state index in [9.17, 15) is 13.2 Å². The molecular formula is C24H38ClN3O3S2. The van der Waals surface area contributed by atoms with Crippen molar-refractivity contribution in [1.82, 2.24) is 10.2 Å². The van der Waals surface area contributed by atoms with Crippen LogP contribution in [0.15, 0.2) is 46.4 Å². The maximum Gasteiger partial charge on any atom is 0.220 e. The topological polar surface area (TPSA) is 92.5 Å². The largest absolute Gasteiger partial charge is 0.398 e. The lowest BCUT2D eigenvalue weighted by molar-refractivity contribution is -0.122. The molecule has 1 aliphatic heterocycles. The first-order chi connectivity index (χ1) is 15.5. The standard InChI is InChI=1S/C24H38ClN3O3S2/c1-5-18(3)22(14-17(2)16-28-10-12-33(30,31)13-11-28)27-24(29)9-6-19(4)32-23-15-20(25)7-8-21(23)26/h7-8,18,20,22H,2,4-6,9-16,26H2,1,3H3,(H,27,29). The normalized spacial score (nSPS) is 22.6. The highest BCUT2D eigenvalue weighted by Crippen LogP contribution is 2.35. The number of nitrogens with two attached hydrogens (primary N) is 1. The summed E-state index contributed by atoms with van der Waals surface area (Å²) in [7, 11) is -2.89. The third kappa shape index (κ3) is 9.89. The number of halogens is 1. The summed E-state index contributed by atoms with van der Waals surface area (Å²) in [5, 5.41) is 3.13. The molecule has 2 rings (SSSR count). The highest BCUT2D eigenvalue weighted by molar-refractivity contribution is 8.06. The van der Waals surface area contributed by atoms with Gasteiger partial charge in [-0.3, -0.25) is 9.69 Å². The summed E-state index contributed by atoms with van der Waals surface area (Å²) in [4.78, 5) is 16.7. The number of amides is 1. The fraction of sp³-hybridized carbons (Fsp3) is 0.625. The summed E-state index contributed by atoms with van der Waals surface area (Å²) in [5.74, 6) is 0.722. The van der Waals surface area contributed by atoms with Crippen molar-refractivity contribution in [2.24, 2.45) is 11.7 Å². The molecule has 1 aliphatic carbocycles. The van der Waals surface area contributed by atoms with E-state index in [1.54, 1.807) is 0 Å². The van der Waals surface area contributed by atoms with Gasteiger partial charge in [0.15, 0.2) is 9.84 Å². The molecule has 0 spiro atoms. The third-order valence-electron chi connectivity index (χ3n) is 6.16. The van der Waals surface area contributed by atoms with Crippen LogP contribution in [0.5, 0.6) is 0 Å². The summed E-state index contributed by atoms with van der Waals surface area (Å²) in [6, 6.07) is 0.00304. The molecule has 1 fully saturated rings. The monoisotopic (exact) mass is 515 g/mol. The summed E-state index contributed by atoms with van der Waals surface area (Å²) in [6.07, 6.45) is 6.96. The van der Waals surface area contributed by atoms with E-state index in [1.807, 2.05) is 12.2 Å². The fourth-order valence-electron chi connectivity index (χ4n) is 3.80. The number of sulfone groups is 1. The Morgan fingerprint density at radius 1 is 1.33 bits per heavy atom. The van der Waals surface area contributed by atoms with Gasteiger partial charge in [-0.15, -0.1) is 11.6 Å². The molecule has 186 valence electrons. The van der Waals surface area contributed by atoms with Gasteiger partial charge in [0.25, 0.3) is 0 Å². The second-order valence-corrected chi connectivity index (χ2v) is 13.2. The Labute approximate surface area is 208 Å². The number of hydrogen-bond donors (Lipinski definition) is 2. The van der Waals surface area contributed by atoms with Crippen LogP contribution >= 0.6 is 23.4 Å². The van der Waals surface area contributed by atoms with Gasteiger partial charge >= 0.3 is 0 Å². The maximum absolute atomic E-state index is 12.7. The first-order valence-corrected chi connectivity index (χ1v) is 14.6. The highest BCUT2D eigenvalue weighted by atomic mass is 35.5. The van der Waals surface area contributed by atoms with Crippen molar-refractivity contribution in [3.05, 3.63) is 46.4 Å². The van der Waals surface area contributed by atoms with E-state index in [2.05, 4.69) is 37.2 Å². The minimum atomic E-state index is -2.89. The van der Waals surface area contributed by atoms with E-state index in [4.69, 9.17) is 17.3 Å². The Balaban J connectivity index is 1.81. The molecule has 6 nitrogen and oxygen atoms in total. The predicted molar refractivity (Wildman–Crippen MR) is 141 cm³/mol. The predicted octanol–water partition coefficient (Wildman–Crippen LogP) is 3.96. The first-order valence-electron chi connectivity index (χ1n) is 11.5. The quantitative estimate of drug-likeness (QED) is 0.302. The molecule has 1 amide bonds. The Hall–Kier alpha value is -1.22. The van der Waals surface area contributed by atoms with Gasteiger partial charge in [0.1, 0.15) is 0 Å². The summed E-state index contributed by atoms with van der Waals surface area (Å²) in [5.41, 5.74) is 7.77. The van der Waals surface area contributed by atoms with Gasteiger partial charge in [-0.2, -0.15) is 0 Å². The van der Waals surface area contributed by atoms with Crippen LogP contribution in [0.3, 0.4) is 0 Å². The molecule has 0 bridgehead atoms. The van der Waals surface area contributed by atoms with Crippen molar-refractivity contribution in [1.29, 1.82) is 0 Å². The number of hydrogen-bond acceptors (Lipinski definition) is 6. The summed E-state index contributed by atoms with van der Waals surface area (Å²) in [6.45, 7) is 14.3. The molecule has 2 aliphatic rings. The van der Waals surface area contributed by atoms with E-state index in [0.717, 1.165) is 21.8 Å². The Morgan fingerprint density at radius 2 is 2.00 bits per heavy atom. The average molecular weight is 516 g/mol. The minimum absolute atomic E-state index is 0.000345. The van der Waals surface area contributed by atoms with Crippen LogP contribution in [0.25, 0.3) is 0 Å². The molecule has 1 heterocycles. The van der Waals surface area contributed by atoms with E-state index in [-0.39, 0.29) is 28.8 Å². The van der Waals surface area contributed by atoms with E-state index in [0.29, 0.717) is 56.9 Å². The number of nitrogens with one attached hydrogen (secondary N) is 1. The summed E-state index contributed by atoms with van der Waals surface area (Å²) >= 11 is 7.70. The zero-order valence-corrected chi connectivity index (χ0v) is 22.2. The molecule has 3 N–H and O–H groups in total. The number of rotatable bonds is 12. The SMILES string of the molecule is C=C(CC(NC(=O)CCC(=C)SC1=C(N)C=CC(Cl)C1)C(C)CC)CN1CCS(=O)(=O)CC1. The maximum atomic E-state index is 12.7. The third-order valence-corrected chi connectivity index (χ3v) is 9.21. The van der Waals surface area contributed by atoms with Gasteiger partial charge in [0.05, 0.1) is 16.9 Å². The molecule has 0 aromatic rings. The van der Waals surface area contributed by atoms with Crippen molar-refractivity contribution in [3.8, 4) is 0 Å². The van der Waals surface area contributed by atoms with Gasteiger partial charge < -0.3 is 11.1 Å². The second-order valence-electron chi connectivity index (χ2n) is 9.04. The van der Waals surface area contributed by atoms with E-state index in [1.165, 1.54) is 11.8 Å². The molecule has 3 unspecified atom stereocenters. The lowest BCUT2D eigenvalue weighted by atomic mass is 9.93. The molecule has 33 heavy (non-hydrogen) atoms. The van der Waals surface area contributed by atoms with E-state index < -0.39 is 9.84 Å².